The summed E-state index contributed by atoms with van der Waals surface area (Å²) in [6.07, 6.45) is 0. The van der Waals surface area contributed by atoms with E-state index >= 15 is 0 Å². The second kappa shape index (κ2) is 12.2. The minimum absolute atomic E-state index is 0.547. The Hall–Kier alpha value is -8.02. The molecule has 0 N–H and O–H groups in total. The molecule has 0 saturated heterocycles. The van der Waals surface area contributed by atoms with Crippen LogP contribution in [0.1, 0.15) is 0 Å². The molecule has 0 amide bonds. The summed E-state index contributed by atoms with van der Waals surface area (Å²) in [5.74, 6) is 0.591. The van der Waals surface area contributed by atoms with Gasteiger partial charge in [-0.1, -0.05) is 140 Å². The van der Waals surface area contributed by atoms with Gasteiger partial charge in [0.1, 0.15) is 16.7 Å². The molecule has 0 bridgehead atoms. The zero-order valence-electron chi connectivity index (χ0n) is 31.6. The van der Waals surface area contributed by atoms with Crippen molar-refractivity contribution in [2.75, 3.05) is 0 Å². The van der Waals surface area contributed by atoms with E-state index in [1.54, 1.807) is 0 Å². The van der Waals surface area contributed by atoms with Gasteiger partial charge in [-0.25, -0.2) is 4.98 Å². The molecule has 9 aromatic carbocycles. The first-order chi connectivity index (χ1) is 29.3. The standard InChI is InChI=1S/C54H31N3O2/c1-3-14-32(15-4-1)51-50-43-31-34(27-29-46(43)59-54(50)56-53(55-51)41-23-13-25-47-48(41)40-22-11-12-24-45(40)58-47)33-26-28-44-42(30-33)49-38-20-9-7-18-36(38)37-19-8-10-21-39(37)52(49)57(44)35-16-5-2-6-17-35/h1-31H. The Morgan fingerprint density at radius 1 is 0.373 bits per heavy atom. The van der Waals surface area contributed by atoms with Crippen molar-refractivity contribution < 1.29 is 8.83 Å². The largest absolute Gasteiger partial charge is 0.456 e. The quantitative estimate of drug-likeness (QED) is 0.168. The predicted molar refractivity (Wildman–Crippen MR) is 242 cm³/mol. The van der Waals surface area contributed by atoms with E-state index in [2.05, 4.69) is 156 Å². The number of hydrogen-bond donors (Lipinski definition) is 0. The Morgan fingerprint density at radius 2 is 1.00 bits per heavy atom. The molecular formula is C54H31N3O2. The fraction of sp³-hybridized carbons (Fsp3) is 0. The van der Waals surface area contributed by atoms with Crippen molar-refractivity contribution in [2.24, 2.45) is 0 Å². The van der Waals surface area contributed by atoms with Crippen LogP contribution in [-0.2, 0) is 0 Å². The second-order valence-corrected chi connectivity index (χ2v) is 15.2. The molecule has 274 valence electrons. The van der Waals surface area contributed by atoms with E-state index in [0.29, 0.717) is 11.5 Å². The molecule has 0 aliphatic rings. The van der Waals surface area contributed by atoms with Gasteiger partial charge < -0.3 is 13.4 Å². The van der Waals surface area contributed by atoms with Crippen LogP contribution in [0.15, 0.2) is 197 Å². The van der Waals surface area contributed by atoms with Crippen molar-refractivity contribution in [1.29, 1.82) is 0 Å². The predicted octanol–water partition coefficient (Wildman–Crippen LogP) is 14.7. The number of aromatic nitrogens is 3. The van der Waals surface area contributed by atoms with Crippen LogP contribution < -0.4 is 0 Å². The first-order valence-corrected chi connectivity index (χ1v) is 19.9. The highest BCUT2D eigenvalue weighted by Gasteiger charge is 2.23. The van der Waals surface area contributed by atoms with Crippen LogP contribution in [0, 0.1) is 0 Å². The number of furan rings is 2. The Kier molecular flexibility index (Phi) is 6.66. The van der Waals surface area contributed by atoms with Gasteiger partial charge in [-0.2, -0.15) is 4.98 Å². The Bertz CT molecular complexity index is 3840. The van der Waals surface area contributed by atoms with Crippen molar-refractivity contribution in [3.8, 4) is 39.5 Å². The number of rotatable bonds is 4. The van der Waals surface area contributed by atoms with Gasteiger partial charge in [0.2, 0.25) is 5.71 Å². The van der Waals surface area contributed by atoms with Crippen molar-refractivity contribution >= 4 is 87.4 Å². The number of benzene rings is 9. The molecule has 13 aromatic rings. The van der Waals surface area contributed by atoms with E-state index in [0.717, 1.165) is 71.9 Å². The van der Waals surface area contributed by atoms with Crippen molar-refractivity contribution in [3.05, 3.63) is 188 Å². The number of fused-ring (bicyclic) bond motifs is 14. The van der Waals surface area contributed by atoms with E-state index in [9.17, 15) is 0 Å². The molecule has 59 heavy (non-hydrogen) atoms. The van der Waals surface area contributed by atoms with Gasteiger partial charge in [-0.15, -0.1) is 0 Å². The lowest BCUT2D eigenvalue weighted by Gasteiger charge is -2.12. The van der Waals surface area contributed by atoms with Crippen LogP contribution in [0.4, 0.5) is 0 Å². The van der Waals surface area contributed by atoms with Crippen molar-refractivity contribution in [2.45, 2.75) is 0 Å². The highest BCUT2D eigenvalue weighted by atomic mass is 16.3. The summed E-state index contributed by atoms with van der Waals surface area (Å²) in [5.41, 5.74) is 11.4. The molecular weight excluding hydrogens is 723 g/mol. The van der Waals surface area contributed by atoms with E-state index in [4.69, 9.17) is 18.8 Å². The fourth-order valence-electron chi connectivity index (χ4n) is 9.45. The third kappa shape index (κ3) is 4.67. The first kappa shape index (κ1) is 32.1. The summed E-state index contributed by atoms with van der Waals surface area (Å²) >= 11 is 0. The molecule has 0 fully saturated rings. The van der Waals surface area contributed by atoms with Gasteiger partial charge in [-0.05, 0) is 75.8 Å². The maximum atomic E-state index is 6.64. The van der Waals surface area contributed by atoms with Gasteiger partial charge in [-0.3, -0.25) is 0 Å². The van der Waals surface area contributed by atoms with Crippen LogP contribution in [0.3, 0.4) is 0 Å². The summed E-state index contributed by atoms with van der Waals surface area (Å²) in [6, 6.07) is 66.2. The van der Waals surface area contributed by atoms with Crippen LogP contribution in [-0.4, -0.2) is 14.5 Å². The van der Waals surface area contributed by atoms with Gasteiger partial charge >= 0.3 is 0 Å². The third-order valence-corrected chi connectivity index (χ3v) is 12.0. The lowest BCUT2D eigenvalue weighted by molar-refractivity contribution is 0.653. The zero-order chi connectivity index (χ0) is 38.6. The second-order valence-electron chi connectivity index (χ2n) is 15.2. The number of nitrogens with zero attached hydrogens (tertiary/aromatic N) is 3. The molecule has 0 unspecified atom stereocenters. The van der Waals surface area contributed by atoms with Gasteiger partial charge in [0, 0.05) is 49.1 Å². The molecule has 0 radical (unpaired) electrons. The zero-order valence-corrected chi connectivity index (χ0v) is 31.6. The Labute approximate surface area is 337 Å². The average molecular weight is 754 g/mol. The topological polar surface area (TPSA) is 57.0 Å². The molecule has 4 heterocycles. The van der Waals surface area contributed by atoms with Gasteiger partial charge in [0.05, 0.1) is 22.1 Å². The minimum atomic E-state index is 0.547. The van der Waals surface area contributed by atoms with Gasteiger partial charge in [0.15, 0.2) is 5.82 Å². The fourth-order valence-corrected chi connectivity index (χ4v) is 9.45. The lowest BCUT2D eigenvalue weighted by Crippen LogP contribution is -1.94. The SMILES string of the molecule is c1ccc(-c2nc(-c3cccc4oc5ccccc5c34)nc3oc4ccc(-c5ccc6c(c5)c5c7ccccc7c7ccccc7c5n6-c5ccccc5)cc4c23)cc1. The maximum absolute atomic E-state index is 6.64. The van der Waals surface area contributed by atoms with E-state index in [1.165, 1.54) is 43.4 Å². The molecule has 0 aliphatic heterocycles. The third-order valence-electron chi connectivity index (χ3n) is 12.0. The summed E-state index contributed by atoms with van der Waals surface area (Å²) in [7, 11) is 0. The van der Waals surface area contributed by atoms with Crippen LogP contribution >= 0.6 is 0 Å². The lowest BCUT2D eigenvalue weighted by atomic mass is 9.95. The molecule has 0 saturated carbocycles. The Morgan fingerprint density at radius 3 is 1.81 bits per heavy atom. The Balaban J connectivity index is 1.06. The number of para-hydroxylation sites is 2. The molecule has 0 spiro atoms. The molecule has 5 nitrogen and oxygen atoms in total. The normalized spacial score (nSPS) is 12.1. The van der Waals surface area contributed by atoms with Crippen molar-refractivity contribution in [3.63, 3.8) is 0 Å². The van der Waals surface area contributed by atoms with Crippen LogP contribution in [0.2, 0.25) is 0 Å². The summed E-state index contributed by atoms with van der Waals surface area (Å²) in [6.45, 7) is 0. The summed E-state index contributed by atoms with van der Waals surface area (Å²) in [5, 5.41) is 11.3. The van der Waals surface area contributed by atoms with Crippen molar-refractivity contribution in [1.82, 2.24) is 14.5 Å². The average Bonchev–Trinajstić information content (AvgIpc) is 3.99. The smallest absolute Gasteiger partial charge is 0.231 e. The van der Waals surface area contributed by atoms with E-state index in [1.807, 2.05) is 36.4 Å². The highest BCUT2D eigenvalue weighted by molar-refractivity contribution is 6.32. The molecule has 13 rings (SSSR count). The molecule has 5 heteroatoms. The first-order valence-electron chi connectivity index (χ1n) is 19.9. The molecule has 0 atom stereocenters. The van der Waals surface area contributed by atoms with Gasteiger partial charge in [0.25, 0.3) is 0 Å². The van der Waals surface area contributed by atoms with Crippen LogP contribution in [0.25, 0.3) is 127 Å². The maximum Gasteiger partial charge on any atom is 0.231 e. The summed E-state index contributed by atoms with van der Waals surface area (Å²) < 4.78 is 15.3. The minimum Gasteiger partial charge on any atom is -0.456 e. The molecule has 4 aromatic heterocycles. The monoisotopic (exact) mass is 753 g/mol. The number of hydrogen-bond acceptors (Lipinski definition) is 4. The van der Waals surface area contributed by atoms with E-state index in [-0.39, 0.29) is 0 Å². The summed E-state index contributed by atoms with van der Waals surface area (Å²) in [4.78, 5) is 10.5. The van der Waals surface area contributed by atoms with E-state index < -0.39 is 0 Å². The highest BCUT2D eigenvalue weighted by Crippen LogP contribution is 2.45. The van der Waals surface area contributed by atoms with Crippen LogP contribution in [0.5, 0.6) is 0 Å². The molecule has 0 aliphatic carbocycles.